The van der Waals surface area contributed by atoms with E-state index in [1.54, 1.807) is 18.2 Å². The summed E-state index contributed by atoms with van der Waals surface area (Å²) in [6, 6.07) is 10.2. The maximum atomic E-state index is 13.7. The molecule has 0 saturated carbocycles. The van der Waals surface area contributed by atoms with Gasteiger partial charge in [0.2, 0.25) is 0 Å². The molecule has 2 aromatic carbocycles. The van der Waals surface area contributed by atoms with Gasteiger partial charge in [0, 0.05) is 24.5 Å². The zero-order chi connectivity index (χ0) is 14.0. The van der Waals surface area contributed by atoms with Gasteiger partial charge in [-0.1, -0.05) is 37.9 Å². The van der Waals surface area contributed by atoms with E-state index < -0.39 is 0 Å². The number of rotatable bonds is 3. The van der Waals surface area contributed by atoms with Crippen molar-refractivity contribution in [2.45, 2.75) is 6.42 Å². The third kappa shape index (κ3) is 3.86. The Morgan fingerprint density at radius 2 is 1.74 bits per heavy atom. The molecule has 2 aromatic rings. The maximum absolute atomic E-state index is 13.7. The molecule has 5 heteroatoms. The van der Waals surface area contributed by atoms with Crippen LogP contribution in [0.3, 0.4) is 0 Å². The summed E-state index contributed by atoms with van der Waals surface area (Å²) >= 11 is 8.64. The zero-order valence-electron chi connectivity index (χ0n) is 9.59. The summed E-state index contributed by atoms with van der Waals surface area (Å²) in [5.41, 5.74) is 1.02. The summed E-state index contributed by atoms with van der Waals surface area (Å²) in [6.45, 7) is 0. The molecule has 0 aliphatic rings. The van der Waals surface area contributed by atoms with Crippen molar-refractivity contribution >= 4 is 60.2 Å². The van der Waals surface area contributed by atoms with Crippen molar-refractivity contribution in [2.24, 2.45) is 0 Å². The summed E-state index contributed by atoms with van der Waals surface area (Å²) in [5.74, 6) is -0.459. The van der Waals surface area contributed by atoms with Gasteiger partial charge in [0.15, 0.2) is 5.78 Å². The van der Waals surface area contributed by atoms with Crippen molar-refractivity contribution in [3.63, 3.8) is 0 Å². The first-order chi connectivity index (χ1) is 8.97. The minimum Gasteiger partial charge on any atom is -0.294 e. The lowest BCUT2D eigenvalue weighted by Gasteiger charge is -2.06. The Bertz CT molecular complexity index is 643. The highest BCUT2D eigenvalue weighted by atomic mass is 127. The van der Waals surface area contributed by atoms with Crippen molar-refractivity contribution in [3.05, 3.63) is 65.9 Å². The van der Waals surface area contributed by atoms with E-state index in [9.17, 15) is 9.18 Å². The van der Waals surface area contributed by atoms with Gasteiger partial charge in [0.25, 0.3) is 0 Å². The van der Waals surface area contributed by atoms with Crippen molar-refractivity contribution in [1.82, 2.24) is 0 Å². The Hall–Kier alpha value is -0.270. The molecule has 0 bridgehead atoms. The van der Waals surface area contributed by atoms with Gasteiger partial charge >= 0.3 is 0 Å². The summed E-state index contributed by atoms with van der Waals surface area (Å²) in [4.78, 5) is 12.2. The molecule has 0 radical (unpaired) electrons. The Morgan fingerprint density at radius 3 is 2.42 bits per heavy atom. The number of ketones is 1. The number of hydrogen-bond acceptors (Lipinski definition) is 1. The smallest absolute Gasteiger partial charge is 0.168 e. The van der Waals surface area contributed by atoms with E-state index >= 15 is 0 Å². The second-order valence-electron chi connectivity index (χ2n) is 3.96. The Kier molecular flexibility index (Phi) is 5.14. The maximum Gasteiger partial charge on any atom is 0.168 e. The van der Waals surface area contributed by atoms with Gasteiger partial charge in [-0.3, -0.25) is 4.79 Å². The first-order valence-electron chi connectivity index (χ1n) is 5.39. The highest BCUT2D eigenvalue weighted by Gasteiger charge is 2.14. The molecule has 0 unspecified atom stereocenters. The molecular weight excluding hydrogens is 490 g/mol. The van der Waals surface area contributed by atoms with Crippen LogP contribution in [-0.4, -0.2) is 5.78 Å². The third-order valence-corrected chi connectivity index (χ3v) is 4.52. The average molecular weight is 498 g/mol. The van der Waals surface area contributed by atoms with E-state index in [0.29, 0.717) is 15.6 Å². The van der Waals surface area contributed by atoms with Crippen LogP contribution in [-0.2, 0) is 6.42 Å². The van der Waals surface area contributed by atoms with E-state index in [1.807, 2.05) is 12.1 Å². The molecule has 0 N–H and O–H groups in total. The number of benzene rings is 2. The minimum atomic E-state index is -0.368. The van der Waals surface area contributed by atoms with Crippen LogP contribution in [0.15, 0.2) is 45.3 Å². The van der Waals surface area contributed by atoms with Gasteiger partial charge in [-0.05, 0) is 58.5 Å². The van der Waals surface area contributed by atoms with Crippen molar-refractivity contribution in [3.8, 4) is 0 Å². The second kappa shape index (κ2) is 6.45. The topological polar surface area (TPSA) is 17.1 Å². The van der Waals surface area contributed by atoms with Gasteiger partial charge in [0.1, 0.15) is 5.82 Å². The Balaban J connectivity index is 2.28. The highest BCUT2D eigenvalue weighted by Crippen LogP contribution is 2.22. The number of carbonyl (C=O) groups is 1. The first kappa shape index (κ1) is 15.1. The van der Waals surface area contributed by atoms with Crippen LogP contribution >= 0.6 is 54.5 Å². The van der Waals surface area contributed by atoms with Crippen molar-refractivity contribution in [1.29, 1.82) is 0 Å². The lowest BCUT2D eigenvalue weighted by Crippen LogP contribution is -2.07. The molecule has 0 saturated heterocycles. The predicted octanol–water partition coefficient (Wildman–Crippen LogP) is 5.38. The van der Waals surface area contributed by atoms with Crippen LogP contribution in [0.1, 0.15) is 15.9 Å². The second-order valence-corrected chi connectivity index (χ2v) is 6.95. The van der Waals surface area contributed by atoms with E-state index in [1.165, 1.54) is 6.07 Å². The molecule has 19 heavy (non-hydrogen) atoms. The van der Waals surface area contributed by atoms with E-state index in [4.69, 9.17) is 0 Å². The summed E-state index contributed by atoms with van der Waals surface area (Å²) in [5, 5.41) is 0. The van der Waals surface area contributed by atoms with E-state index in [0.717, 1.165) is 8.04 Å². The van der Waals surface area contributed by atoms with Gasteiger partial charge in [-0.15, -0.1) is 0 Å². The lowest BCUT2D eigenvalue weighted by molar-refractivity contribution is 0.0991. The quantitative estimate of drug-likeness (QED) is 0.411. The average Bonchev–Trinajstić information content (AvgIpc) is 2.35. The lowest BCUT2D eigenvalue weighted by atomic mass is 10.0. The SMILES string of the molecule is O=C(Cc1ccc(Br)cc1F)c1cc(Br)ccc1I. The number of hydrogen-bond donors (Lipinski definition) is 0. The molecule has 0 aliphatic heterocycles. The van der Waals surface area contributed by atoms with Crippen LogP contribution in [0.2, 0.25) is 0 Å². The molecular formula is C14H8Br2FIO. The van der Waals surface area contributed by atoms with Crippen molar-refractivity contribution in [2.75, 3.05) is 0 Å². The summed E-state index contributed by atoms with van der Waals surface area (Å²) in [6.07, 6.45) is 0.0611. The minimum absolute atomic E-state index is 0.0611. The predicted molar refractivity (Wildman–Crippen MR) is 89.0 cm³/mol. The largest absolute Gasteiger partial charge is 0.294 e. The molecule has 2 rings (SSSR count). The van der Waals surface area contributed by atoms with Crippen LogP contribution in [0.5, 0.6) is 0 Å². The molecule has 98 valence electrons. The fraction of sp³-hybridized carbons (Fsp3) is 0.0714. The third-order valence-electron chi connectivity index (χ3n) is 2.59. The standard InChI is InChI=1S/C14H8Br2FIO/c15-9-3-4-13(18)11(6-9)14(19)5-8-1-2-10(16)7-12(8)17/h1-4,6-7H,5H2. The van der Waals surface area contributed by atoms with Gasteiger partial charge in [-0.2, -0.15) is 0 Å². The van der Waals surface area contributed by atoms with Crippen molar-refractivity contribution < 1.29 is 9.18 Å². The number of carbonyl (C=O) groups excluding carboxylic acids is 1. The molecule has 0 aromatic heterocycles. The Labute approximate surface area is 141 Å². The highest BCUT2D eigenvalue weighted by molar-refractivity contribution is 14.1. The monoisotopic (exact) mass is 496 g/mol. The van der Waals surface area contributed by atoms with Crippen LogP contribution < -0.4 is 0 Å². The fourth-order valence-corrected chi connectivity index (χ4v) is 2.97. The molecule has 0 atom stereocenters. The van der Waals surface area contributed by atoms with Gasteiger partial charge < -0.3 is 0 Å². The normalized spacial score (nSPS) is 10.5. The molecule has 0 spiro atoms. The summed E-state index contributed by atoms with van der Waals surface area (Å²) in [7, 11) is 0. The van der Waals surface area contributed by atoms with Crippen LogP contribution in [0.4, 0.5) is 4.39 Å². The molecule has 0 heterocycles. The molecule has 0 aliphatic carbocycles. The molecule has 0 amide bonds. The van der Waals surface area contributed by atoms with Gasteiger partial charge in [-0.25, -0.2) is 4.39 Å². The van der Waals surface area contributed by atoms with Crippen LogP contribution in [0.25, 0.3) is 0 Å². The first-order valence-corrected chi connectivity index (χ1v) is 8.06. The fourth-order valence-electron chi connectivity index (χ4n) is 1.64. The van der Waals surface area contributed by atoms with E-state index in [-0.39, 0.29) is 18.0 Å². The van der Waals surface area contributed by atoms with Crippen LogP contribution in [0, 0.1) is 9.39 Å². The Morgan fingerprint density at radius 1 is 1.11 bits per heavy atom. The van der Waals surface area contributed by atoms with E-state index in [2.05, 4.69) is 54.5 Å². The number of Topliss-reactive ketones (excluding diaryl/α,β-unsaturated/α-hetero) is 1. The summed E-state index contributed by atoms with van der Waals surface area (Å²) < 4.78 is 16.1. The molecule has 0 fully saturated rings. The zero-order valence-corrected chi connectivity index (χ0v) is 14.9. The van der Waals surface area contributed by atoms with Gasteiger partial charge in [0.05, 0.1) is 0 Å². The number of halogens is 4. The molecule has 1 nitrogen and oxygen atoms in total.